The van der Waals surface area contributed by atoms with Gasteiger partial charge in [0.15, 0.2) is 0 Å². The van der Waals surface area contributed by atoms with Gasteiger partial charge in [0.25, 0.3) is 0 Å². The van der Waals surface area contributed by atoms with Crippen LogP contribution >= 0.6 is 0 Å². The Labute approximate surface area is 210 Å². The molecular weight excluding hydrogens is 434 g/mol. The van der Waals surface area contributed by atoms with Crippen molar-refractivity contribution in [3.63, 3.8) is 0 Å². The van der Waals surface area contributed by atoms with Gasteiger partial charge in [-0.1, -0.05) is 109 Å². The fraction of sp³-hybridized carbons (Fsp3) is 0.0286. The van der Waals surface area contributed by atoms with Gasteiger partial charge in [-0.3, -0.25) is 0 Å². The van der Waals surface area contributed by atoms with Gasteiger partial charge < -0.3 is 4.90 Å². The van der Waals surface area contributed by atoms with Crippen molar-refractivity contribution in [1.82, 2.24) is 0 Å². The molecule has 0 bridgehead atoms. The zero-order valence-corrected chi connectivity index (χ0v) is 20.1. The quantitative estimate of drug-likeness (QED) is 0.238. The van der Waals surface area contributed by atoms with E-state index in [0.29, 0.717) is 0 Å². The Morgan fingerprint density at radius 3 is 1.33 bits per heavy atom. The number of aryl methyl sites for hydroxylation is 1. The van der Waals surface area contributed by atoms with E-state index >= 15 is 0 Å². The Hall–Kier alpha value is -4.62. The second-order valence-electron chi connectivity index (χ2n) is 9.50. The molecule has 0 amide bonds. The van der Waals surface area contributed by atoms with E-state index in [2.05, 4.69) is 145 Å². The minimum atomic E-state index is 1.16. The first kappa shape index (κ1) is 20.7. The molecule has 0 radical (unpaired) electrons. The number of benzene rings is 7. The molecule has 0 heterocycles. The summed E-state index contributed by atoms with van der Waals surface area (Å²) in [5, 5.41) is 10.1. The molecule has 0 saturated heterocycles. The Balaban J connectivity index is 1.65. The number of fused-ring (bicyclic) bond motifs is 6. The van der Waals surface area contributed by atoms with E-state index in [1.807, 2.05) is 0 Å². The van der Waals surface area contributed by atoms with Gasteiger partial charge in [-0.25, -0.2) is 0 Å². The molecule has 0 aliphatic heterocycles. The molecule has 36 heavy (non-hydrogen) atoms. The largest absolute Gasteiger partial charge is 0.309 e. The molecule has 0 unspecified atom stereocenters. The third kappa shape index (κ3) is 3.25. The van der Waals surface area contributed by atoms with Gasteiger partial charge in [0.1, 0.15) is 0 Å². The van der Waals surface area contributed by atoms with E-state index < -0.39 is 0 Å². The highest BCUT2D eigenvalue weighted by Crippen LogP contribution is 2.45. The van der Waals surface area contributed by atoms with Crippen molar-refractivity contribution in [2.45, 2.75) is 6.92 Å². The standard InChI is InChI=1S/C35H25N/c1-24-11-10-14-27(21-24)36(34-22-25-12-2-4-15-28(25)30-17-6-8-19-32(30)34)35-23-26-13-3-5-16-29(26)31-18-7-9-20-33(31)35/h2-23H,1H3. The van der Waals surface area contributed by atoms with Crippen molar-refractivity contribution in [2.24, 2.45) is 0 Å². The summed E-state index contributed by atoms with van der Waals surface area (Å²) >= 11 is 0. The van der Waals surface area contributed by atoms with E-state index in [-0.39, 0.29) is 0 Å². The lowest BCUT2D eigenvalue weighted by Gasteiger charge is -2.29. The Morgan fingerprint density at radius 1 is 0.389 bits per heavy atom. The predicted octanol–water partition coefficient (Wildman–Crippen LogP) is 10.1. The van der Waals surface area contributed by atoms with E-state index in [1.165, 1.54) is 60.0 Å². The van der Waals surface area contributed by atoms with E-state index in [0.717, 1.165) is 5.69 Å². The molecule has 0 aliphatic carbocycles. The van der Waals surface area contributed by atoms with Gasteiger partial charge in [-0.2, -0.15) is 0 Å². The van der Waals surface area contributed by atoms with Crippen LogP contribution in [0.25, 0.3) is 43.1 Å². The lowest BCUT2D eigenvalue weighted by atomic mass is 9.96. The third-order valence-electron chi connectivity index (χ3n) is 7.23. The molecule has 0 aromatic heterocycles. The molecule has 0 saturated carbocycles. The zero-order valence-electron chi connectivity index (χ0n) is 20.1. The van der Waals surface area contributed by atoms with E-state index in [1.54, 1.807) is 0 Å². The molecule has 0 aliphatic rings. The summed E-state index contributed by atoms with van der Waals surface area (Å²) in [6.45, 7) is 2.17. The van der Waals surface area contributed by atoms with Crippen LogP contribution in [-0.2, 0) is 0 Å². The van der Waals surface area contributed by atoms with Crippen LogP contribution in [0.4, 0.5) is 17.1 Å². The highest BCUT2D eigenvalue weighted by atomic mass is 15.1. The summed E-state index contributed by atoms with van der Waals surface area (Å²) in [6.07, 6.45) is 0. The normalized spacial score (nSPS) is 11.5. The molecule has 0 fully saturated rings. The minimum Gasteiger partial charge on any atom is -0.309 e. The van der Waals surface area contributed by atoms with Crippen molar-refractivity contribution in [1.29, 1.82) is 0 Å². The maximum absolute atomic E-state index is 2.45. The predicted molar refractivity (Wildman–Crippen MR) is 156 cm³/mol. The fourth-order valence-corrected chi connectivity index (χ4v) is 5.61. The molecule has 7 aromatic rings. The third-order valence-corrected chi connectivity index (χ3v) is 7.23. The SMILES string of the molecule is Cc1cccc(N(c2cc3ccccc3c3ccccc23)c2cc3ccccc3c3ccccc23)c1. The van der Waals surface area contributed by atoms with Crippen LogP contribution in [0.5, 0.6) is 0 Å². The van der Waals surface area contributed by atoms with Crippen molar-refractivity contribution >= 4 is 60.2 Å². The number of rotatable bonds is 3. The van der Waals surface area contributed by atoms with Gasteiger partial charge in [0, 0.05) is 16.5 Å². The lowest BCUT2D eigenvalue weighted by molar-refractivity contribution is 1.30. The zero-order chi connectivity index (χ0) is 24.1. The molecule has 0 atom stereocenters. The van der Waals surface area contributed by atoms with Crippen LogP contribution in [-0.4, -0.2) is 0 Å². The summed E-state index contributed by atoms with van der Waals surface area (Å²) in [7, 11) is 0. The summed E-state index contributed by atoms with van der Waals surface area (Å²) in [4.78, 5) is 2.45. The Bertz CT molecular complexity index is 1800. The maximum Gasteiger partial charge on any atom is 0.0546 e. The monoisotopic (exact) mass is 459 g/mol. The average Bonchev–Trinajstić information content (AvgIpc) is 2.93. The molecule has 7 aromatic carbocycles. The van der Waals surface area contributed by atoms with Gasteiger partial charge in [-0.05, 0) is 69.1 Å². The van der Waals surface area contributed by atoms with Gasteiger partial charge in [0.2, 0.25) is 0 Å². The molecule has 7 rings (SSSR count). The molecular formula is C35H25N. The van der Waals surface area contributed by atoms with Gasteiger partial charge in [0.05, 0.1) is 11.4 Å². The smallest absolute Gasteiger partial charge is 0.0546 e. The Kier molecular flexibility index (Phi) is 4.75. The van der Waals surface area contributed by atoms with Crippen LogP contribution in [0.1, 0.15) is 5.56 Å². The number of hydrogen-bond donors (Lipinski definition) is 0. The summed E-state index contributed by atoms with van der Waals surface area (Å²) in [5.74, 6) is 0. The molecule has 0 spiro atoms. The first-order valence-electron chi connectivity index (χ1n) is 12.5. The van der Waals surface area contributed by atoms with Crippen LogP contribution < -0.4 is 4.90 Å². The van der Waals surface area contributed by atoms with E-state index in [9.17, 15) is 0 Å². The van der Waals surface area contributed by atoms with Crippen molar-refractivity contribution in [2.75, 3.05) is 4.90 Å². The summed E-state index contributed by atoms with van der Waals surface area (Å²) in [6, 6.07) is 48.5. The Morgan fingerprint density at radius 2 is 0.833 bits per heavy atom. The maximum atomic E-state index is 2.45. The van der Waals surface area contributed by atoms with E-state index in [4.69, 9.17) is 0 Å². The van der Waals surface area contributed by atoms with Crippen molar-refractivity contribution in [3.8, 4) is 0 Å². The van der Waals surface area contributed by atoms with Gasteiger partial charge >= 0.3 is 0 Å². The van der Waals surface area contributed by atoms with Crippen molar-refractivity contribution in [3.05, 3.63) is 139 Å². The molecule has 0 N–H and O–H groups in total. The first-order chi connectivity index (χ1) is 17.8. The van der Waals surface area contributed by atoms with Crippen LogP contribution in [0.3, 0.4) is 0 Å². The number of nitrogens with zero attached hydrogens (tertiary/aromatic N) is 1. The number of anilines is 3. The minimum absolute atomic E-state index is 1.16. The second-order valence-corrected chi connectivity index (χ2v) is 9.50. The molecule has 1 heteroatoms. The van der Waals surface area contributed by atoms with Gasteiger partial charge in [-0.15, -0.1) is 0 Å². The highest BCUT2D eigenvalue weighted by Gasteiger charge is 2.20. The first-order valence-corrected chi connectivity index (χ1v) is 12.5. The van der Waals surface area contributed by atoms with Crippen LogP contribution in [0.2, 0.25) is 0 Å². The summed E-state index contributed by atoms with van der Waals surface area (Å²) < 4.78 is 0. The van der Waals surface area contributed by atoms with Crippen LogP contribution in [0, 0.1) is 6.92 Å². The topological polar surface area (TPSA) is 3.24 Å². The molecule has 170 valence electrons. The van der Waals surface area contributed by atoms with Crippen LogP contribution in [0.15, 0.2) is 133 Å². The summed E-state index contributed by atoms with van der Waals surface area (Å²) in [5.41, 5.74) is 4.79. The molecule has 1 nitrogen and oxygen atoms in total. The highest BCUT2D eigenvalue weighted by molar-refractivity contribution is 6.18. The number of hydrogen-bond acceptors (Lipinski definition) is 1. The fourth-order valence-electron chi connectivity index (χ4n) is 5.61. The lowest BCUT2D eigenvalue weighted by Crippen LogP contribution is -2.11. The average molecular weight is 460 g/mol. The van der Waals surface area contributed by atoms with Crippen molar-refractivity contribution < 1.29 is 0 Å². The second kappa shape index (κ2) is 8.25.